The Morgan fingerprint density at radius 3 is 2.37 bits per heavy atom. The molecule has 43 heavy (non-hydrogen) atoms. The Kier molecular flexibility index (Phi) is 9.39. The van der Waals surface area contributed by atoms with Crippen molar-refractivity contribution < 1.29 is 23.7 Å². The number of anilines is 1. The maximum absolute atomic E-state index is 6.40. The van der Waals surface area contributed by atoms with E-state index in [1.807, 2.05) is 37.3 Å². The number of ether oxygens (including phenoxy) is 5. The Bertz CT molecular complexity index is 1330. The molecule has 0 radical (unpaired) electrons. The maximum atomic E-state index is 6.40. The van der Waals surface area contributed by atoms with Gasteiger partial charge in [-0.3, -0.25) is 0 Å². The number of methoxy groups -OCH3 is 1. The maximum Gasteiger partial charge on any atom is 0.191 e. The van der Waals surface area contributed by atoms with Crippen LogP contribution in [0, 0.1) is 17.8 Å². The lowest BCUT2D eigenvalue weighted by Gasteiger charge is -2.57. The smallest absolute Gasteiger partial charge is 0.191 e. The van der Waals surface area contributed by atoms with E-state index in [-0.39, 0.29) is 37.0 Å². The number of rotatable bonds is 11. The molecule has 6 nitrogen and oxygen atoms in total. The van der Waals surface area contributed by atoms with Crippen molar-refractivity contribution >= 4 is 28.9 Å². The summed E-state index contributed by atoms with van der Waals surface area (Å²) in [6.07, 6.45) is 8.91. The fraction of sp³-hybridized carbons (Fsp3) is 0.556. The monoisotopic (exact) mass is 607 g/mol. The van der Waals surface area contributed by atoms with Gasteiger partial charge in [-0.1, -0.05) is 24.3 Å². The third kappa shape index (κ3) is 6.63. The summed E-state index contributed by atoms with van der Waals surface area (Å²) < 4.78 is 29.5. The number of fused-ring (bicyclic) bond motifs is 1. The van der Waals surface area contributed by atoms with Gasteiger partial charge in [0.25, 0.3) is 0 Å². The van der Waals surface area contributed by atoms with Crippen molar-refractivity contribution in [2.45, 2.75) is 69.7 Å². The Morgan fingerprint density at radius 1 is 0.907 bits per heavy atom. The van der Waals surface area contributed by atoms with Crippen LogP contribution < -0.4 is 14.4 Å². The summed E-state index contributed by atoms with van der Waals surface area (Å²) in [5, 5.41) is 2.51. The van der Waals surface area contributed by atoms with Crippen LogP contribution in [-0.4, -0.2) is 52.6 Å². The van der Waals surface area contributed by atoms with Crippen LogP contribution in [0.15, 0.2) is 60.7 Å². The molecular formula is C36H46ClNO5. The van der Waals surface area contributed by atoms with Gasteiger partial charge in [-0.2, -0.15) is 0 Å². The van der Waals surface area contributed by atoms with Crippen LogP contribution in [0.4, 0.5) is 5.69 Å². The first-order chi connectivity index (χ1) is 20.6. The van der Waals surface area contributed by atoms with E-state index in [2.05, 4.69) is 35.2 Å². The highest BCUT2D eigenvalue weighted by Gasteiger charge is 2.52. The number of hydrogen-bond donors (Lipinski definition) is 0. The molecule has 4 saturated carbocycles. The second-order valence-corrected chi connectivity index (χ2v) is 13.2. The highest BCUT2D eigenvalue weighted by molar-refractivity contribution is 5.88. The largest absolute Gasteiger partial charge is 0.493 e. The predicted octanol–water partition coefficient (Wildman–Crippen LogP) is 7.75. The van der Waals surface area contributed by atoms with Gasteiger partial charge in [-0.05, 0) is 116 Å². The van der Waals surface area contributed by atoms with Gasteiger partial charge >= 0.3 is 0 Å². The first kappa shape index (κ1) is 30.5. The van der Waals surface area contributed by atoms with Crippen LogP contribution in [0.2, 0.25) is 0 Å². The fourth-order valence-corrected chi connectivity index (χ4v) is 8.65. The first-order valence-corrected chi connectivity index (χ1v) is 16.0. The van der Waals surface area contributed by atoms with Crippen molar-refractivity contribution in [3.63, 3.8) is 0 Å². The van der Waals surface area contributed by atoms with Crippen LogP contribution in [0.3, 0.4) is 0 Å². The molecule has 0 spiro atoms. The summed E-state index contributed by atoms with van der Waals surface area (Å²) >= 11 is 0. The number of nitrogens with zero attached hydrogens (tertiary/aromatic N) is 1. The predicted molar refractivity (Wildman–Crippen MR) is 173 cm³/mol. The van der Waals surface area contributed by atoms with Gasteiger partial charge in [0.1, 0.15) is 11.5 Å². The van der Waals surface area contributed by atoms with Crippen LogP contribution >= 0.6 is 12.4 Å². The lowest BCUT2D eigenvalue weighted by molar-refractivity contribution is -0.150. The van der Waals surface area contributed by atoms with Crippen LogP contribution in [-0.2, 0) is 19.6 Å². The third-order valence-electron chi connectivity index (χ3n) is 10.3. The second kappa shape index (κ2) is 13.2. The van der Waals surface area contributed by atoms with Gasteiger partial charge in [0.05, 0.1) is 19.3 Å². The number of halogens is 1. The number of para-hydroxylation sites is 1. The molecule has 3 aromatic carbocycles. The molecule has 4 aliphatic carbocycles. The van der Waals surface area contributed by atoms with E-state index in [0.29, 0.717) is 6.61 Å². The number of benzene rings is 3. The summed E-state index contributed by atoms with van der Waals surface area (Å²) in [4.78, 5) is 2.48. The van der Waals surface area contributed by atoms with E-state index in [0.717, 1.165) is 55.4 Å². The molecule has 0 aromatic heterocycles. The standard InChI is InChI=1S/C36H45NO5.ClH/c1-25(38-2)41-24-42-35-19-29-8-9-31(37-11-13-40-33(23-37)10-12-39-32-6-4-3-5-7-32)17-30(29)18-34(35)36-20-26-14-27(21-36)16-28(15-26)22-36;/h3-9,17-19,25-28,33H,10-16,20-24H2,1-2H3;1H. The zero-order chi connectivity index (χ0) is 28.5. The van der Waals surface area contributed by atoms with Gasteiger partial charge in [-0.25, -0.2) is 0 Å². The number of hydrogen-bond acceptors (Lipinski definition) is 6. The van der Waals surface area contributed by atoms with E-state index in [1.165, 1.54) is 60.5 Å². The van der Waals surface area contributed by atoms with E-state index >= 15 is 0 Å². The molecule has 0 N–H and O–H groups in total. The van der Waals surface area contributed by atoms with Crippen LogP contribution in [0.25, 0.3) is 10.8 Å². The fourth-order valence-electron chi connectivity index (χ4n) is 8.65. The summed E-state index contributed by atoms with van der Waals surface area (Å²) in [7, 11) is 1.66. The molecule has 232 valence electrons. The zero-order valence-electron chi connectivity index (χ0n) is 25.5. The highest BCUT2D eigenvalue weighted by Crippen LogP contribution is 2.62. The topological polar surface area (TPSA) is 49.4 Å². The minimum atomic E-state index is -0.293. The first-order valence-electron chi connectivity index (χ1n) is 16.0. The van der Waals surface area contributed by atoms with Gasteiger partial charge in [0, 0.05) is 37.9 Å². The van der Waals surface area contributed by atoms with Crippen molar-refractivity contribution in [3.8, 4) is 11.5 Å². The average molecular weight is 608 g/mol. The van der Waals surface area contributed by atoms with Gasteiger partial charge in [-0.15, -0.1) is 12.4 Å². The SMILES string of the molecule is COC(C)OCOc1cc2ccc(N3CCOC(CCOc4ccccc4)C3)cc2cc1C12CC3CC(CC(C3)C1)C2.Cl. The average Bonchev–Trinajstić information content (AvgIpc) is 3.00. The lowest BCUT2D eigenvalue weighted by Crippen LogP contribution is -2.48. The zero-order valence-corrected chi connectivity index (χ0v) is 26.4. The van der Waals surface area contributed by atoms with Crippen molar-refractivity contribution in [1.82, 2.24) is 0 Å². The molecule has 2 atom stereocenters. The molecule has 2 unspecified atom stereocenters. The lowest BCUT2D eigenvalue weighted by atomic mass is 9.48. The molecule has 7 heteroatoms. The molecule has 4 bridgehead atoms. The molecule has 1 heterocycles. The minimum absolute atomic E-state index is 0. The molecule has 1 saturated heterocycles. The van der Waals surface area contributed by atoms with Crippen molar-refractivity contribution in [3.05, 3.63) is 66.2 Å². The Labute approximate surface area is 262 Å². The Hall–Kier alpha value is -2.51. The quantitative estimate of drug-likeness (QED) is 0.208. The molecule has 0 amide bonds. The van der Waals surface area contributed by atoms with Crippen molar-refractivity contribution in [2.24, 2.45) is 17.8 Å². The van der Waals surface area contributed by atoms with E-state index in [4.69, 9.17) is 23.7 Å². The Morgan fingerprint density at radius 2 is 1.65 bits per heavy atom. The molecule has 8 rings (SSSR count). The molecule has 3 aromatic rings. The third-order valence-corrected chi connectivity index (χ3v) is 10.3. The van der Waals surface area contributed by atoms with Crippen LogP contribution in [0.5, 0.6) is 11.5 Å². The molecular weight excluding hydrogens is 562 g/mol. The summed E-state index contributed by atoms with van der Waals surface area (Å²) in [6, 6.07) is 21.6. The minimum Gasteiger partial charge on any atom is -0.493 e. The van der Waals surface area contributed by atoms with Crippen molar-refractivity contribution in [2.75, 3.05) is 45.1 Å². The van der Waals surface area contributed by atoms with E-state index in [1.54, 1.807) is 7.11 Å². The molecule has 5 aliphatic rings. The van der Waals surface area contributed by atoms with E-state index < -0.39 is 0 Å². The summed E-state index contributed by atoms with van der Waals surface area (Å²) in [5.41, 5.74) is 2.89. The normalized spacial score (nSPS) is 28.5. The van der Waals surface area contributed by atoms with Gasteiger partial charge in [0.2, 0.25) is 0 Å². The van der Waals surface area contributed by atoms with Crippen LogP contribution in [0.1, 0.15) is 57.4 Å². The summed E-state index contributed by atoms with van der Waals surface area (Å²) in [5.74, 6) is 4.51. The van der Waals surface area contributed by atoms with Gasteiger partial charge < -0.3 is 28.6 Å². The molecule has 5 fully saturated rings. The van der Waals surface area contributed by atoms with Crippen molar-refractivity contribution in [1.29, 1.82) is 0 Å². The van der Waals surface area contributed by atoms with Gasteiger partial charge in [0.15, 0.2) is 13.1 Å². The second-order valence-electron chi connectivity index (χ2n) is 13.2. The summed E-state index contributed by atoms with van der Waals surface area (Å²) in [6.45, 7) is 5.27. The Balaban J connectivity index is 0.00000329. The van der Waals surface area contributed by atoms with E-state index in [9.17, 15) is 0 Å². The number of morpholine rings is 1. The molecule has 1 aliphatic heterocycles. The highest BCUT2D eigenvalue weighted by atomic mass is 35.5.